The van der Waals surface area contributed by atoms with Crippen LogP contribution in [-0.2, 0) is 13.0 Å². The van der Waals surface area contributed by atoms with Crippen LogP contribution in [-0.4, -0.2) is 29.4 Å². The van der Waals surface area contributed by atoms with E-state index in [-0.39, 0.29) is 12.2 Å². The number of aliphatic hydroxyl groups excluding tert-OH is 1. The molecule has 4 heteroatoms. The van der Waals surface area contributed by atoms with Gasteiger partial charge in [-0.1, -0.05) is 24.3 Å². The van der Waals surface area contributed by atoms with Crippen molar-refractivity contribution in [3.8, 4) is 11.1 Å². The van der Waals surface area contributed by atoms with Gasteiger partial charge in [-0.25, -0.2) is 0 Å². The lowest BCUT2D eigenvalue weighted by Gasteiger charge is -2.37. The fourth-order valence-corrected chi connectivity index (χ4v) is 4.10. The number of fused-ring (bicyclic) bond motifs is 4. The molecule has 3 heterocycles. The number of rotatable bonds is 3. The molecule has 1 aromatic carbocycles. The van der Waals surface area contributed by atoms with Crippen molar-refractivity contribution in [2.24, 2.45) is 5.92 Å². The molecular formula is C19H22N2O2. The second-order valence-corrected chi connectivity index (χ2v) is 6.71. The maximum absolute atomic E-state index is 12.7. The topological polar surface area (TPSA) is 54.3 Å². The van der Waals surface area contributed by atoms with Gasteiger partial charge in [0, 0.05) is 37.4 Å². The van der Waals surface area contributed by atoms with Gasteiger partial charge in [-0.05, 0) is 48.1 Å². The second kappa shape index (κ2) is 5.95. The summed E-state index contributed by atoms with van der Waals surface area (Å²) in [7, 11) is 0. The van der Waals surface area contributed by atoms with Gasteiger partial charge in [-0.2, -0.15) is 0 Å². The molecular weight excluding hydrogens is 288 g/mol. The van der Waals surface area contributed by atoms with Gasteiger partial charge in [-0.3, -0.25) is 4.79 Å². The summed E-state index contributed by atoms with van der Waals surface area (Å²) in [6, 6.07) is 12.0. The molecule has 1 fully saturated rings. The molecule has 120 valence electrons. The van der Waals surface area contributed by atoms with Crippen molar-refractivity contribution in [2.45, 2.75) is 25.3 Å². The first-order valence-electron chi connectivity index (χ1n) is 8.41. The van der Waals surface area contributed by atoms with Crippen molar-refractivity contribution in [3.63, 3.8) is 0 Å². The minimum atomic E-state index is 0.105. The Labute approximate surface area is 135 Å². The molecule has 0 unspecified atom stereocenters. The number of aliphatic hydroxyl groups is 1. The van der Waals surface area contributed by atoms with Crippen molar-refractivity contribution >= 4 is 0 Å². The molecule has 0 amide bonds. The third kappa shape index (κ3) is 2.62. The molecule has 4 rings (SSSR count). The standard InChI is InChI=1S/C19H22N2O2/c22-6-5-14-3-1-2-4-17(14)15-8-18-16-7-13(10-20-11-16)12-21(18)19(23)9-15/h1-4,8-9,13,16,20,22H,5-7,10-12H2/t13-,16+/m0/s1. The smallest absolute Gasteiger partial charge is 0.251 e. The van der Waals surface area contributed by atoms with E-state index in [0.717, 1.165) is 42.0 Å². The molecule has 0 saturated carbocycles. The van der Waals surface area contributed by atoms with Crippen LogP contribution in [0.3, 0.4) is 0 Å². The van der Waals surface area contributed by atoms with E-state index >= 15 is 0 Å². The van der Waals surface area contributed by atoms with Crippen molar-refractivity contribution in [3.05, 3.63) is 58.0 Å². The summed E-state index contributed by atoms with van der Waals surface area (Å²) >= 11 is 0. The average molecular weight is 310 g/mol. The highest BCUT2D eigenvalue weighted by atomic mass is 16.3. The fraction of sp³-hybridized carbons (Fsp3) is 0.421. The van der Waals surface area contributed by atoms with Gasteiger partial charge in [-0.15, -0.1) is 0 Å². The van der Waals surface area contributed by atoms with Crippen LogP contribution < -0.4 is 10.9 Å². The summed E-state index contributed by atoms with van der Waals surface area (Å²) in [4.78, 5) is 12.7. The molecule has 2 N–H and O–H groups in total. The van der Waals surface area contributed by atoms with Crippen molar-refractivity contribution < 1.29 is 5.11 Å². The zero-order chi connectivity index (χ0) is 15.8. The first-order valence-corrected chi connectivity index (χ1v) is 8.41. The molecule has 2 aromatic rings. The monoisotopic (exact) mass is 310 g/mol. The van der Waals surface area contributed by atoms with E-state index in [0.29, 0.717) is 18.3 Å². The zero-order valence-corrected chi connectivity index (χ0v) is 13.2. The highest BCUT2D eigenvalue weighted by Crippen LogP contribution is 2.34. The van der Waals surface area contributed by atoms with Gasteiger partial charge in [0.1, 0.15) is 0 Å². The van der Waals surface area contributed by atoms with Crippen LogP contribution in [0, 0.1) is 5.92 Å². The number of piperidine rings is 1. The highest BCUT2D eigenvalue weighted by Gasteiger charge is 2.31. The van der Waals surface area contributed by atoms with E-state index in [9.17, 15) is 9.90 Å². The average Bonchev–Trinajstić information content (AvgIpc) is 2.57. The predicted octanol–water partition coefficient (Wildman–Crippen LogP) is 1.76. The number of benzene rings is 1. The van der Waals surface area contributed by atoms with Crippen LogP contribution in [0.5, 0.6) is 0 Å². The van der Waals surface area contributed by atoms with Crippen LogP contribution >= 0.6 is 0 Å². The Hall–Kier alpha value is -1.91. The van der Waals surface area contributed by atoms with E-state index < -0.39 is 0 Å². The molecule has 0 aliphatic carbocycles. The summed E-state index contributed by atoms with van der Waals surface area (Å²) in [5.41, 5.74) is 4.40. The lowest BCUT2D eigenvalue weighted by atomic mass is 9.83. The number of hydrogen-bond acceptors (Lipinski definition) is 3. The largest absolute Gasteiger partial charge is 0.396 e. The van der Waals surface area contributed by atoms with Gasteiger partial charge >= 0.3 is 0 Å². The van der Waals surface area contributed by atoms with E-state index in [4.69, 9.17) is 0 Å². The SMILES string of the molecule is O=c1cc(-c2ccccc2CCO)cc2n1C[C@@H]1CNC[C@H]2C1. The van der Waals surface area contributed by atoms with Crippen LogP contribution in [0.4, 0.5) is 0 Å². The van der Waals surface area contributed by atoms with Gasteiger partial charge in [0.15, 0.2) is 0 Å². The Morgan fingerprint density at radius 1 is 1.22 bits per heavy atom. The van der Waals surface area contributed by atoms with Crippen molar-refractivity contribution in [1.82, 2.24) is 9.88 Å². The quantitative estimate of drug-likeness (QED) is 0.908. The molecule has 2 aliphatic rings. The maximum Gasteiger partial charge on any atom is 0.251 e. The predicted molar refractivity (Wildman–Crippen MR) is 90.6 cm³/mol. The van der Waals surface area contributed by atoms with Crippen LogP contribution in [0.1, 0.15) is 23.6 Å². The minimum absolute atomic E-state index is 0.105. The Balaban J connectivity index is 1.83. The van der Waals surface area contributed by atoms with E-state index in [2.05, 4.69) is 11.4 Å². The van der Waals surface area contributed by atoms with Gasteiger partial charge in [0.2, 0.25) is 0 Å². The number of hydrogen-bond donors (Lipinski definition) is 2. The second-order valence-electron chi connectivity index (χ2n) is 6.71. The maximum atomic E-state index is 12.7. The Kier molecular flexibility index (Phi) is 3.79. The number of nitrogens with zero attached hydrogens (tertiary/aromatic N) is 1. The normalized spacial score (nSPS) is 22.7. The number of nitrogens with one attached hydrogen (secondary N) is 1. The lowest BCUT2D eigenvalue weighted by molar-refractivity contribution is 0.257. The minimum Gasteiger partial charge on any atom is -0.396 e. The van der Waals surface area contributed by atoms with E-state index in [1.807, 2.05) is 28.8 Å². The van der Waals surface area contributed by atoms with Crippen LogP contribution in [0.2, 0.25) is 0 Å². The van der Waals surface area contributed by atoms with Crippen molar-refractivity contribution in [1.29, 1.82) is 0 Å². The van der Waals surface area contributed by atoms with E-state index in [1.54, 1.807) is 6.07 Å². The van der Waals surface area contributed by atoms with Crippen LogP contribution in [0.25, 0.3) is 11.1 Å². The molecule has 4 nitrogen and oxygen atoms in total. The molecule has 2 aliphatic heterocycles. The van der Waals surface area contributed by atoms with Crippen molar-refractivity contribution in [2.75, 3.05) is 19.7 Å². The summed E-state index contributed by atoms with van der Waals surface area (Å²) < 4.78 is 1.97. The Morgan fingerprint density at radius 2 is 2.09 bits per heavy atom. The summed E-state index contributed by atoms with van der Waals surface area (Å²) in [6.07, 6.45) is 1.79. The van der Waals surface area contributed by atoms with Gasteiger partial charge < -0.3 is 15.0 Å². The summed E-state index contributed by atoms with van der Waals surface area (Å²) in [5.74, 6) is 1.01. The van der Waals surface area contributed by atoms with Gasteiger partial charge in [0.25, 0.3) is 5.56 Å². The molecule has 2 bridgehead atoms. The molecule has 0 radical (unpaired) electrons. The molecule has 0 spiro atoms. The molecule has 23 heavy (non-hydrogen) atoms. The number of pyridine rings is 1. The first-order chi connectivity index (χ1) is 11.3. The lowest BCUT2D eigenvalue weighted by Crippen LogP contribution is -2.44. The first kappa shape index (κ1) is 14.7. The fourth-order valence-electron chi connectivity index (χ4n) is 4.10. The highest BCUT2D eigenvalue weighted by molar-refractivity contribution is 5.67. The summed E-state index contributed by atoms with van der Waals surface area (Å²) in [5, 5.41) is 12.8. The van der Waals surface area contributed by atoms with Gasteiger partial charge in [0.05, 0.1) is 0 Å². The summed E-state index contributed by atoms with van der Waals surface area (Å²) in [6.45, 7) is 2.92. The number of aromatic nitrogens is 1. The van der Waals surface area contributed by atoms with E-state index in [1.165, 1.54) is 6.42 Å². The third-order valence-corrected chi connectivity index (χ3v) is 5.17. The Bertz CT molecular complexity index is 781. The Morgan fingerprint density at radius 3 is 2.96 bits per heavy atom. The van der Waals surface area contributed by atoms with Crippen LogP contribution in [0.15, 0.2) is 41.2 Å². The third-order valence-electron chi connectivity index (χ3n) is 5.17. The molecule has 1 aromatic heterocycles. The zero-order valence-electron chi connectivity index (χ0n) is 13.2. The molecule has 2 atom stereocenters. The molecule has 1 saturated heterocycles.